The molecule has 0 saturated carbocycles. The first-order chi connectivity index (χ1) is 14.6. The zero-order chi connectivity index (χ0) is 22.6. The monoisotopic (exact) mass is 475 g/mol. The fourth-order valence-corrected chi connectivity index (χ4v) is 4.90. The number of halogens is 3. The molecule has 3 rings (SSSR count). The summed E-state index contributed by atoms with van der Waals surface area (Å²) >= 11 is 0.853. The van der Waals surface area contributed by atoms with Crippen molar-refractivity contribution in [1.29, 1.82) is 0 Å². The molecule has 0 unspecified atom stereocenters. The Balaban J connectivity index is 1.52. The third-order valence-electron chi connectivity index (χ3n) is 4.60. The number of aromatic nitrogens is 3. The summed E-state index contributed by atoms with van der Waals surface area (Å²) in [7, 11) is -2.44. The van der Waals surface area contributed by atoms with Crippen molar-refractivity contribution in [2.75, 3.05) is 31.9 Å². The first-order valence-electron chi connectivity index (χ1n) is 9.18. The van der Waals surface area contributed by atoms with Crippen LogP contribution >= 0.6 is 11.8 Å². The summed E-state index contributed by atoms with van der Waals surface area (Å²) in [5.74, 6) is -1.56. The molecule has 0 spiro atoms. The molecule has 0 N–H and O–H groups in total. The van der Waals surface area contributed by atoms with Crippen molar-refractivity contribution in [2.45, 2.75) is 11.3 Å². The van der Waals surface area contributed by atoms with E-state index in [0.29, 0.717) is 0 Å². The van der Waals surface area contributed by atoms with Gasteiger partial charge in [-0.2, -0.15) is 17.5 Å². The third kappa shape index (κ3) is 5.86. The average Bonchev–Trinajstić information content (AvgIpc) is 3.12. The molecular formula is C18H20F3N5O3S2. The molecule has 2 aromatic rings. The van der Waals surface area contributed by atoms with E-state index >= 15 is 0 Å². The standard InChI is InChI=1S/C18H20F3N5O3S2/c1-24-16(18(19,20)21)22-23-17(24)30-13-15(27)25-8-10-26(11-9-25)31(28,29)12-7-14-5-3-2-4-6-14/h2-7,12H,8-11,13H2,1H3/b12-7+. The van der Waals surface area contributed by atoms with Crippen molar-refractivity contribution in [3.05, 3.63) is 47.1 Å². The molecule has 168 valence electrons. The Morgan fingerprint density at radius 2 is 1.77 bits per heavy atom. The fourth-order valence-electron chi connectivity index (χ4n) is 2.91. The van der Waals surface area contributed by atoms with Gasteiger partial charge >= 0.3 is 6.18 Å². The number of piperazine rings is 1. The quantitative estimate of drug-likeness (QED) is 0.595. The van der Waals surface area contributed by atoms with Crippen LogP contribution in [0.4, 0.5) is 13.2 Å². The van der Waals surface area contributed by atoms with Crippen LogP contribution < -0.4 is 0 Å². The van der Waals surface area contributed by atoms with Gasteiger partial charge in [-0.25, -0.2) is 8.42 Å². The molecule has 8 nitrogen and oxygen atoms in total. The molecule has 2 heterocycles. The summed E-state index contributed by atoms with van der Waals surface area (Å²) in [5, 5.41) is 7.72. The maximum atomic E-state index is 12.8. The molecule has 1 aliphatic heterocycles. The second kappa shape index (κ2) is 9.40. The normalized spacial score (nSPS) is 16.2. The zero-order valence-corrected chi connectivity index (χ0v) is 18.1. The van der Waals surface area contributed by atoms with Crippen molar-refractivity contribution < 1.29 is 26.4 Å². The number of amides is 1. The van der Waals surface area contributed by atoms with Crippen molar-refractivity contribution >= 4 is 33.8 Å². The maximum absolute atomic E-state index is 12.8. The largest absolute Gasteiger partial charge is 0.451 e. The van der Waals surface area contributed by atoms with Crippen LogP contribution in [0.25, 0.3) is 6.08 Å². The topological polar surface area (TPSA) is 88.4 Å². The molecule has 1 aromatic carbocycles. The van der Waals surface area contributed by atoms with E-state index in [4.69, 9.17) is 0 Å². The Hall–Kier alpha value is -2.38. The van der Waals surface area contributed by atoms with Crippen LogP contribution in [-0.4, -0.2) is 70.2 Å². The van der Waals surface area contributed by atoms with Gasteiger partial charge in [-0.15, -0.1) is 10.2 Å². The number of rotatable bonds is 6. The summed E-state index contributed by atoms with van der Waals surface area (Å²) in [5.41, 5.74) is 0.759. The molecule has 1 amide bonds. The molecule has 1 fully saturated rings. The van der Waals surface area contributed by atoms with Crippen molar-refractivity contribution in [1.82, 2.24) is 24.0 Å². The summed E-state index contributed by atoms with van der Waals surface area (Å²) in [6.07, 6.45) is -3.11. The van der Waals surface area contributed by atoms with Crippen LogP contribution in [-0.2, 0) is 28.0 Å². The molecule has 0 bridgehead atoms. The van der Waals surface area contributed by atoms with Gasteiger partial charge < -0.3 is 9.47 Å². The number of carbonyl (C=O) groups excluding carboxylic acids is 1. The smallest absolute Gasteiger partial charge is 0.339 e. The highest BCUT2D eigenvalue weighted by molar-refractivity contribution is 7.99. The lowest BCUT2D eigenvalue weighted by molar-refractivity contribution is -0.147. The van der Waals surface area contributed by atoms with Crippen molar-refractivity contribution in [3.63, 3.8) is 0 Å². The predicted molar refractivity (Wildman–Crippen MR) is 109 cm³/mol. The minimum atomic E-state index is -4.62. The zero-order valence-electron chi connectivity index (χ0n) is 16.5. The molecule has 0 aliphatic carbocycles. The SMILES string of the molecule is Cn1c(SCC(=O)N2CCN(S(=O)(=O)/C=C/c3ccccc3)CC2)nnc1C(F)(F)F. The van der Waals surface area contributed by atoms with Gasteiger partial charge in [0.25, 0.3) is 0 Å². The van der Waals surface area contributed by atoms with Gasteiger partial charge in [-0.05, 0) is 11.6 Å². The number of benzene rings is 1. The van der Waals surface area contributed by atoms with E-state index in [1.165, 1.54) is 22.3 Å². The number of carbonyl (C=O) groups is 1. The van der Waals surface area contributed by atoms with Gasteiger partial charge in [-0.1, -0.05) is 42.1 Å². The lowest BCUT2D eigenvalue weighted by atomic mass is 10.2. The van der Waals surface area contributed by atoms with Gasteiger partial charge in [0.1, 0.15) is 0 Å². The summed E-state index contributed by atoms with van der Waals surface area (Å²) in [4.78, 5) is 13.9. The number of sulfonamides is 1. The summed E-state index contributed by atoms with van der Waals surface area (Å²) < 4.78 is 65.4. The van der Waals surface area contributed by atoms with Crippen molar-refractivity contribution in [3.8, 4) is 0 Å². The van der Waals surface area contributed by atoms with Gasteiger partial charge in [0, 0.05) is 38.6 Å². The number of hydrogen-bond donors (Lipinski definition) is 0. The molecule has 0 atom stereocenters. The molecule has 1 aliphatic rings. The third-order valence-corrected chi connectivity index (χ3v) is 7.17. The summed E-state index contributed by atoms with van der Waals surface area (Å²) in [6.45, 7) is 0.676. The van der Waals surface area contributed by atoms with E-state index in [-0.39, 0.29) is 43.0 Å². The molecule has 1 aromatic heterocycles. The minimum absolute atomic E-state index is 0.0204. The molecule has 0 radical (unpaired) electrons. The van der Waals surface area contributed by atoms with Crippen LogP contribution in [0.15, 0.2) is 40.9 Å². The molecule has 31 heavy (non-hydrogen) atoms. The van der Waals surface area contributed by atoms with E-state index in [0.717, 1.165) is 27.3 Å². The Morgan fingerprint density at radius 1 is 1.13 bits per heavy atom. The second-order valence-electron chi connectivity index (χ2n) is 6.69. The molecular weight excluding hydrogens is 455 g/mol. The van der Waals surface area contributed by atoms with E-state index in [2.05, 4.69) is 10.2 Å². The minimum Gasteiger partial charge on any atom is -0.339 e. The number of hydrogen-bond acceptors (Lipinski definition) is 6. The summed E-state index contributed by atoms with van der Waals surface area (Å²) in [6, 6.07) is 9.02. The second-order valence-corrected chi connectivity index (χ2v) is 9.45. The van der Waals surface area contributed by atoms with E-state index in [9.17, 15) is 26.4 Å². The molecule has 1 saturated heterocycles. The van der Waals surface area contributed by atoms with Gasteiger partial charge in [0.15, 0.2) is 5.16 Å². The number of thioether (sulfide) groups is 1. The van der Waals surface area contributed by atoms with Crippen LogP contribution in [0, 0.1) is 0 Å². The van der Waals surface area contributed by atoms with Crippen LogP contribution in [0.5, 0.6) is 0 Å². The van der Waals surface area contributed by atoms with Gasteiger partial charge in [0.2, 0.25) is 21.8 Å². The maximum Gasteiger partial charge on any atom is 0.451 e. The van der Waals surface area contributed by atoms with Gasteiger partial charge in [0.05, 0.1) is 5.75 Å². The average molecular weight is 476 g/mol. The Labute approximate surface area is 181 Å². The predicted octanol–water partition coefficient (Wildman–Crippen LogP) is 2.07. The molecule has 13 heteroatoms. The van der Waals surface area contributed by atoms with Crippen molar-refractivity contribution in [2.24, 2.45) is 7.05 Å². The van der Waals surface area contributed by atoms with Crippen LogP contribution in [0.1, 0.15) is 11.4 Å². The first-order valence-corrected chi connectivity index (χ1v) is 11.7. The number of alkyl halides is 3. The lowest BCUT2D eigenvalue weighted by Crippen LogP contribution is -2.50. The van der Waals surface area contributed by atoms with E-state index in [1.807, 2.05) is 6.07 Å². The fraction of sp³-hybridized carbons (Fsp3) is 0.389. The van der Waals surface area contributed by atoms with E-state index < -0.39 is 22.0 Å². The number of nitrogens with zero attached hydrogens (tertiary/aromatic N) is 5. The van der Waals surface area contributed by atoms with E-state index in [1.54, 1.807) is 24.3 Å². The Morgan fingerprint density at radius 3 is 2.35 bits per heavy atom. The van der Waals surface area contributed by atoms with Crippen LogP contribution in [0.3, 0.4) is 0 Å². The highest BCUT2D eigenvalue weighted by atomic mass is 32.2. The lowest BCUT2D eigenvalue weighted by Gasteiger charge is -2.33. The Bertz CT molecular complexity index is 1050. The highest BCUT2D eigenvalue weighted by Gasteiger charge is 2.37. The van der Waals surface area contributed by atoms with Crippen LogP contribution in [0.2, 0.25) is 0 Å². The Kier molecular flexibility index (Phi) is 7.06. The highest BCUT2D eigenvalue weighted by Crippen LogP contribution is 2.29. The first kappa shape index (κ1) is 23.3. The van der Waals surface area contributed by atoms with Gasteiger partial charge in [-0.3, -0.25) is 4.79 Å².